The topological polar surface area (TPSA) is 38.9 Å². The fourth-order valence-corrected chi connectivity index (χ4v) is 4.24. The zero-order valence-corrected chi connectivity index (χ0v) is 14.3. The molecule has 5 rings (SSSR count). The molecule has 0 aliphatic heterocycles. The normalized spacial score (nSPS) is 15.0. The van der Waals surface area contributed by atoms with E-state index in [1.165, 1.54) is 16.7 Å². The standard InChI is InChI=1S/C21H18N2O/c1-11-10-12(2)23-19-16-15(24-20(11)19)8-7-13-17(16)21(3,4)14-6-5-9-22-18(13)14/h5-10H,1-4H3. The van der Waals surface area contributed by atoms with Crippen LogP contribution in [0.5, 0.6) is 0 Å². The summed E-state index contributed by atoms with van der Waals surface area (Å²) in [5.41, 5.74) is 9.64. The third-order valence-electron chi connectivity index (χ3n) is 5.26. The smallest absolute Gasteiger partial charge is 0.156 e. The third-order valence-corrected chi connectivity index (χ3v) is 5.26. The van der Waals surface area contributed by atoms with E-state index in [4.69, 9.17) is 9.40 Å². The van der Waals surface area contributed by atoms with Crippen LogP contribution in [0.1, 0.15) is 36.2 Å². The maximum absolute atomic E-state index is 6.17. The molecule has 0 bridgehead atoms. The van der Waals surface area contributed by atoms with E-state index in [9.17, 15) is 0 Å². The maximum atomic E-state index is 6.17. The molecular formula is C21H18N2O. The van der Waals surface area contributed by atoms with Gasteiger partial charge in [-0.2, -0.15) is 0 Å². The van der Waals surface area contributed by atoms with Crippen LogP contribution in [-0.2, 0) is 5.41 Å². The van der Waals surface area contributed by atoms with Crippen LogP contribution in [0.15, 0.2) is 40.9 Å². The van der Waals surface area contributed by atoms with E-state index in [1.807, 2.05) is 19.2 Å². The lowest BCUT2D eigenvalue weighted by atomic mass is 9.81. The molecule has 118 valence electrons. The van der Waals surface area contributed by atoms with Crippen molar-refractivity contribution < 1.29 is 4.42 Å². The van der Waals surface area contributed by atoms with Crippen molar-refractivity contribution in [3.05, 3.63) is 58.9 Å². The Morgan fingerprint density at radius 2 is 1.92 bits per heavy atom. The van der Waals surface area contributed by atoms with Crippen molar-refractivity contribution in [2.24, 2.45) is 0 Å². The lowest BCUT2D eigenvalue weighted by Crippen LogP contribution is -2.15. The lowest BCUT2D eigenvalue weighted by Gasteiger charge is -2.21. The highest BCUT2D eigenvalue weighted by Crippen LogP contribution is 2.51. The van der Waals surface area contributed by atoms with Crippen LogP contribution < -0.4 is 0 Å². The molecule has 0 amide bonds. The molecule has 0 atom stereocenters. The summed E-state index contributed by atoms with van der Waals surface area (Å²) in [4.78, 5) is 9.47. The summed E-state index contributed by atoms with van der Waals surface area (Å²) in [5.74, 6) is 0. The summed E-state index contributed by atoms with van der Waals surface area (Å²) in [7, 11) is 0. The Balaban J connectivity index is 2.03. The van der Waals surface area contributed by atoms with Crippen LogP contribution >= 0.6 is 0 Å². The van der Waals surface area contributed by atoms with Crippen LogP contribution in [0.4, 0.5) is 0 Å². The zero-order valence-electron chi connectivity index (χ0n) is 14.3. The van der Waals surface area contributed by atoms with Gasteiger partial charge in [0.1, 0.15) is 11.1 Å². The number of rotatable bonds is 0. The van der Waals surface area contributed by atoms with Gasteiger partial charge in [-0.1, -0.05) is 19.9 Å². The van der Waals surface area contributed by atoms with Gasteiger partial charge < -0.3 is 4.42 Å². The number of furan rings is 1. The summed E-state index contributed by atoms with van der Waals surface area (Å²) in [6, 6.07) is 10.5. The minimum Gasteiger partial charge on any atom is -0.454 e. The molecule has 0 spiro atoms. The molecule has 0 N–H and O–H groups in total. The van der Waals surface area contributed by atoms with Crippen LogP contribution in [0, 0.1) is 13.8 Å². The second-order valence-corrected chi connectivity index (χ2v) is 7.25. The second-order valence-electron chi connectivity index (χ2n) is 7.25. The minimum atomic E-state index is -0.116. The van der Waals surface area contributed by atoms with Crippen molar-refractivity contribution in [1.82, 2.24) is 9.97 Å². The predicted molar refractivity (Wildman–Crippen MR) is 96.3 cm³/mol. The molecule has 0 radical (unpaired) electrons. The molecule has 0 saturated carbocycles. The quantitative estimate of drug-likeness (QED) is 0.442. The first-order valence-corrected chi connectivity index (χ1v) is 8.28. The fourth-order valence-electron chi connectivity index (χ4n) is 4.24. The number of hydrogen-bond donors (Lipinski definition) is 0. The van der Waals surface area contributed by atoms with E-state index in [-0.39, 0.29) is 5.41 Å². The fraction of sp³-hybridized carbons (Fsp3) is 0.238. The second kappa shape index (κ2) is 4.23. The molecular weight excluding hydrogens is 296 g/mol. The van der Waals surface area contributed by atoms with E-state index < -0.39 is 0 Å². The van der Waals surface area contributed by atoms with Gasteiger partial charge >= 0.3 is 0 Å². The first-order chi connectivity index (χ1) is 11.5. The van der Waals surface area contributed by atoms with Gasteiger partial charge in [0, 0.05) is 22.9 Å². The summed E-state index contributed by atoms with van der Waals surface area (Å²) >= 11 is 0. The third kappa shape index (κ3) is 1.52. The predicted octanol–water partition coefficient (Wildman–Crippen LogP) is 5.30. The van der Waals surface area contributed by atoms with Gasteiger partial charge in [-0.3, -0.25) is 4.98 Å². The molecule has 24 heavy (non-hydrogen) atoms. The average Bonchev–Trinajstić information content (AvgIpc) is 3.02. The Morgan fingerprint density at radius 1 is 1.08 bits per heavy atom. The molecule has 3 heterocycles. The van der Waals surface area contributed by atoms with Gasteiger partial charge in [-0.25, -0.2) is 4.98 Å². The molecule has 4 aromatic rings. The molecule has 0 unspecified atom stereocenters. The highest BCUT2D eigenvalue weighted by Gasteiger charge is 2.39. The van der Waals surface area contributed by atoms with Crippen LogP contribution in [0.2, 0.25) is 0 Å². The molecule has 3 heteroatoms. The number of aryl methyl sites for hydroxylation is 2. The zero-order chi connectivity index (χ0) is 16.6. The van der Waals surface area contributed by atoms with Crippen LogP contribution in [0.25, 0.3) is 33.3 Å². The number of pyridine rings is 2. The number of fused-ring (bicyclic) bond motifs is 7. The van der Waals surface area contributed by atoms with E-state index in [2.05, 4.69) is 50.0 Å². The first kappa shape index (κ1) is 13.7. The molecule has 0 saturated heterocycles. The number of nitrogens with zero attached hydrogens (tertiary/aromatic N) is 2. The molecule has 1 aromatic carbocycles. The van der Waals surface area contributed by atoms with E-state index in [0.717, 1.165) is 39.0 Å². The molecule has 0 fully saturated rings. The number of aromatic nitrogens is 2. The number of benzene rings is 1. The SMILES string of the molecule is Cc1cc(C)c2oc3ccc4c(c3c2n1)C(C)(C)c1cccnc1-4. The highest BCUT2D eigenvalue weighted by molar-refractivity contribution is 6.09. The van der Waals surface area contributed by atoms with Gasteiger partial charge in [-0.15, -0.1) is 0 Å². The maximum Gasteiger partial charge on any atom is 0.156 e. The number of hydrogen-bond acceptors (Lipinski definition) is 3. The van der Waals surface area contributed by atoms with Gasteiger partial charge in [0.2, 0.25) is 0 Å². The summed E-state index contributed by atoms with van der Waals surface area (Å²) < 4.78 is 6.17. The van der Waals surface area contributed by atoms with E-state index in [0.29, 0.717) is 0 Å². The Bertz CT molecular complexity index is 1150. The van der Waals surface area contributed by atoms with E-state index in [1.54, 1.807) is 0 Å². The largest absolute Gasteiger partial charge is 0.454 e. The van der Waals surface area contributed by atoms with Gasteiger partial charge in [0.15, 0.2) is 5.58 Å². The van der Waals surface area contributed by atoms with Crippen molar-refractivity contribution in [2.45, 2.75) is 33.1 Å². The molecule has 1 aliphatic carbocycles. The van der Waals surface area contributed by atoms with Crippen molar-refractivity contribution in [3.63, 3.8) is 0 Å². The molecule has 1 aliphatic rings. The summed E-state index contributed by atoms with van der Waals surface area (Å²) in [5, 5.41) is 1.14. The van der Waals surface area contributed by atoms with E-state index >= 15 is 0 Å². The van der Waals surface area contributed by atoms with Gasteiger partial charge in [-0.05, 0) is 54.8 Å². The van der Waals surface area contributed by atoms with Crippen molar-refractivity contribution in [1.29, 1.82) is 0 Å². The van der Waals surface area contributed by atoms with Crippen molar-refractivity contribution in [3.8, 4) is 11.3 Å². The Labute approximate surface area is 140 Å². The van der Waals surface area contributed by atoms with Crippen molar-refractivity contribution in [2.75, 3.05) is 0 Å². The monoisotopic (exact) mass is 314 g/mol. The summed E-state index contributed by atoms with van der Waals surface area (Å²) in [6.07, 6.45) is 1.87. The van der Waals surface area contributed by atoms with Crippen molar-refractivity contribution >= 4 is 22.1 Å². The Hall–Kier alpha value is -2.68. The van der Waals surface area contributed by atoms with Gasteiger partial charge in [0.05, 0.1) is 11.1 Å². The van der Waals surface area contributed by atoms with Crippen LogP contribution in [-0.4, -0.2) is 9.97 Å². The Kier molecular flexibility index (Phi) is 2.42. The average molecular weight is 314 g/mol. The molecule has 3 aromatic heterocycles. The highest BCUT2D eigenvalue weighted by atomic mass is 16.3. The Morgan fingerprint density at radius 3 is 2.75 bits per heavy atom. The first-order valence-electron chi connectivity index (χ1n) is 8.28. The lowest BCUT2D eigenvalue weighted by molar-refractivity contribution is 0.654. The molecule has 3 nitrogen and oxygen atoms in total. The van der Waals surface area contributed by atoms with Gasteiger partial charge in [0.25, 0.3) is 0 Å². The minimum absolute atomic E-state index is 0.116. The van der Waals surface area contributed by atoms with Crippen LogP contribution in [0.3, 0.4) is 0 Å². The summed E-state index contributed by atoms with van der Waals surface area (Å²) in [6.45, 7) is 8.65.